The van der Waals surface area contributed by atoms with E-state index in [1.807, 2.05) is 41.4 Å². The van der Waals surface area contributed by atoms with Gasteiger partial charge in [0.25, 0.3) is 0 Å². The largest absolute Gasteiger partial charge is 0.492 e. The fourth-order valence-corrected chi connectivity index (χ4v) is 5.43. The SMILES string of the molecule is CN1CCN(NC(=O)Nc2cccc3c2C(=O)c2c(-c4ccc(OCCN5CC[C@H](O)C5)cc4)n[nH]c2-3)CC1. The lowest BCUT2D eigenvalue weighted by Crippen LogP contribution is -2.53. The van der Waals surface area contributed by atoms with Gasteiger partial charge in [-0.25, -0.2) is 9.80 Å². The van der Waals surface area contributed by atoms with Crippen molar-refractivity contribution in [3.63, 3.8) is 0 Å². The number of benzene rings is 2. The van der Waals surface area contributed by atoms with Crippen molar-refractivity contribution in [1.29, 1.82) is 0 Å². The molecule has 11 heteroatoms. The number of piperazine rings is 1. The van der Waals surface area contributed by atoms with E-state index >= 15 is 0 Å². The van der Waals surface area contributed by atoms with Crippen molar-refractivity contribution in [3.8, 4) is 28.3 Å². The zero-order valence-electron chi connectivity index (χ0n) is 21.9. The summed E-state index contributed by atoms with van der Waals surface area (Å²) in [4.78, 5) is 30.8. The molecule has 1 aliphatic carbocycles. The lowest BCUT2D eigenvalue weighted by Gasteiger charge is -2.32. The van der Waals surface area contributed by atoms with Crippen molar-refractivity contribution >= 4 is 17.5 Å². The number of likely N-dealkylation sites (tertiary alicyclic amines) is 1. The number of urea groups is 1. The zero-order chi connectivity index (χ0) is 26.9. The van der Waals surface area contributed by atoms with Gasteiger partial charge in [-0.15, -0.1) is 0 Å². The van der Waals surface area contributed by atoms with Gasteiger partial charge in [0.15, 0.2) is 5.78 Å². The summed E-state index contributed by atoms with van der Waals surface area (Å²) in [5, 5.41) is 21.9. The number of H-pyrrole nitrogens is 1. The van der Waals surface area contributed by atoms with E-state index in [4.69, 9.17) is 4.74 Å². The van der Waals surface area contributed by atoms with Crippen LogP contribution in [0.25, 0.3) is 22.5 Å². The zero-order valence-corrected chi connectivity index (χ0v) is 21.9. The molecule has 39 heavy (non-hydrogen) atoms. The van der Waals surface area contributed by atoms with Gasteiger partial charge in [0.1, 0.15) is 18.1 Å². The number of aliphatic hydroxyl groups excluding tert-OH is 1. The maximum absolute atomic E-state index is 13.6. The number of hydrazine groups is 1. The lowest BCUT2D eigenvalue weighted by molar-refractivity contribution is 0.104. The normalized spacial score (nSPS) is 19.6. The molecule has 11 nitrogen and oxygen atoms in total. The fraction of sp³-hybridized carbons (Fsp3) is 0.393. The van der Waals surface area contributed by atoms with Crippen LogP contribution < -0.4 is 15.5 Å². The highest BCUT2D eigenvalue weighted by Crippen LogP contribution is 2.43. The Morgan fingerprint density at radius 1 is 1.10 bits per heavy atom. The van der Waals surface area contributed by atoms with E-state index in [-0.39, 0.29) is 17.9 Å². The highest BCUT2D eigenvalue weighted by Gasteiger charge is 2.35. The minimum absolute atomic E-state index is 0.174. The molecule has 2 aromatic carbocycles. The number of hydrogen-bond acceptors (Lipinski definition) is 8. The molecule has 1 aromatic heterocycles. The molecule has 0 radical (unpaired) electrons. The molecule has 6 rings (SSSR count). The van der Waals surface area contributed by atoms with Crippen LogP contribution in [0.15, 0.2) is 42.5 Å². The molecule has 4 N–H and O–H groups in total. The average molecular weight is 532 g/mol. The number of hydrogen-bond donors (Lipinski definition) is 4. The highest BCUT2D eigenvalue weighted by molar-refractivity contribution is 6.26. The number of carbonyl (C=O) groups excluding carboxylic acids is 2. The van der Waals surface area contributed by atoms with Crippen LogP contribution in [-0.2, 0) is 0 Å². The van der Waals surface area contributed by atoms with Gasteiger partial charge < -0.3 is 20.1 Å². The molecule has 204 valence electrons. The number of carbonyl (C=O) groups is 2. The van der Waals surface area contributed by atoms with E-state index < -0.39 is 0 Å². The molecule has 2 saturated heterocycles. The van der Waals surface area contributed by atoms with Crippen LogP contribution >= 0.6 is 0 Å². The third-order valence-electron chi connectivity index (χ3n) is 7.62. The van der Waals surface area contributed by atoms with Crippen LogP contribution in [0.1, 0.15) is 22.3 Å². The molecular weight excluding hydrogens is 498 g/mol. The third kappa shape index (κ3) is 5.26. The summed E-state index contributed by atoms with van der Waals surface area (Å²) in [6.45, 7) is 6.12. The number of nitrogens with one attached hydrogen (secondary N) is 3. The van der Waals surface area contributed by atoms with Gasteiger partial charge in [0.2, 0.25) is 0 Å². The Morgan fingerprint density at radius 3 is 2.64 bits per heavy atom. The number of aliphatic hydroxyl groups is 1. The van der Waals surface area contributed by atoms with Gasteiger partial charge in [-0.2, -0.15) is 5.10 Å². The number of likely N-dealkylation sites (N-methyl/N-ethyl adjacent to an activating group) is 1. The number of aromatic amines is 1. The summed E-state index contributed by atoms with van der Waals surface area (Å²) in [5.41, 5.74) is 7.05. The number of ether oxygens (including phenoxy) is 1. The Morgan fingerprint density at radius 2 is 1.90 bits per heavy atom. The first-order valence-electron chi connectivity index (χ1n) is 13.4. The average Bonchev–Trinajstić information content (AvgIpc) is 3.63. The second-order valence-electron chi connectivity index (χ2n) is 10.4. The molecule has 0 unspecified atom stereocenters. The summed E-state index contributed by atoms with van der Waals surface area (Å²) >= 11 is 0. The van der Waals surface area contributed by atoms with E-state index in [2.05, 4.69) is 37.8 Å². The number of rotatable bonds is 7. The maximum atomic E-state index is 13.6. The van der Waals surface area contributed by atoms with E-state index in [0.29, 0.717) is 41.4 Å². The van der Waals surface area contributed by atoms with Crippen molar-refractivity contribution < 1.29 is 19.4 Å². The van der Waals surface area contributed by atoms with Crippen LogP contribution in [0.5, 0.6) is 5.75 Å². The maximum Gasteiger partial charge on any atom is 0.333 e. The number of β-amino-alcohol motifs (C(OH)–C–C–N with tert-alkyl or cyclic N) is 1. The number of nitrogens with zero attached hydrogens (tertiary/aromatic N) is 4. The molecule has 2 aliphatic heterocycles. The Balaban J connectivity index is 1.13. The van der Waals surface area contributed by atoms with E-state index in [0.717, 1.165) is 62.6 Å². The Hall–Kier alpha value is -3.77. The van der Waals surface area contributed by atoms with E-state index in [1.54, 1.807) is 6.07 Å². The summed E-state index contributed by atoms with van der Waals surface area (Å²) in [6, 6.07) is 12.6. The molecule has 1 atom stereocenters. The number of amides is 2. The van der Waals surface area contributed by atoms with Gasteiger partial charge in [-0.3, -0.25) is 20.2 Å². The Kier molecular flexibility index (Phi) is 7.05. The predicted octanol–water partition coefficient (Wildman–Crippen LogP) is 2.02. The predicted molar refractivity (Wildman–Crippen MR) is 147 cm³/mol. The topological polar surface area (TPSA) is 126 Å². The molecule has 0 saturated carbocycles. The molecule has 2 fully saturated rings. The van der Waals surface area contributed by atoms with Gasteiger partial charge in [-0.05, 0) is 43.8 Å². The van der Waals surface area contributed by atoms with Crippen LogP contribution in [0.2, 0.25) is 0 Å². The minimum atomic E-state index is -0.369. The number of fused-ring (bicyclic) bond motifs is 3. The molecule has 0 bridgehead atoms. The van der Waals surface area contributed by atoms with Crippen molar-refractivity contribution in [2.24, 2.45) is 0 Å². The highest BCUT2D eigenvalue weighted by atomic mass is 16.5. The first kappa shape index (κ1) is 25.5. The summed E-state index contributed by atoms with van der Waals surface area (Å²) < 4.78 is 5.88. The lowest BCUT2D eigenvalue weighted by atomic mass is 10.0. The van der Waals surface area contributed by atoms with Crippen LogP contribution in [0.4, 0.5) is 10.5 Å². The summed E-state index contributed by atoms with van der Waals surface area (Å²) in [6.07, 6.45) is 0.576. The molecule has 3 aromatic rings. The molecule has 2 amide bonds. The molecule has 3 aliphatic rings. The molecule has 0 spiro atoms. The fourth-order valence-electron chi connectivity index (χ4n) is 5.43. The van der Waals surface area contributed by atoms with E-state index in [1.165, 1.54) is 0 Å². The van der Waals surface area contributed by atoms with Crippen molar-refractivity contribution in [2.45, 2.75) is 12.5 Å². The first-order chi connectivity index (χ1) is 19.0. The van der Waals surface area contributed by atoms with E-state index in [9.17, 15) is 14.7 Å². The van der Waals surface area contributed by atoms with Crippen LogP contribution in [0, 0.1) is 0 Å². The summed E-state index contributed by atoms with van der Waals surface area (Å²) in [5.74, 6) is 0.561. The van der Waals surface area contributed by atoms with Crippen molar-refractivity contribution in [1.82, 2.24) is 30.4 Å². The second-order valence-corrected chi connectivity index (χ2v) is 10.4. The first-order valence-corrected chi connectivity index (χ1v) is 13.4. The number of anilines is 1. The quantitative estimate of drug-likeness (QED) is 0.285. The Bertz CT molecular complexity index is 1360. The Labute approximate surface area is 226 Å². The standard InChI is InChI=1S/C28H33N7O4/c1-33-11-13-35(14-12-33)32-28(38)29-22-4-2-3-21-23(22)27(37)24-25(30-31-26(21)24)18-5-7-20(8-6-18)39-16-15-34-10-9-19(36)17-34/h2-8,19,36H,9-17H2,1H3,(H,30,31)(H2,29,32,38)/t19-/m0/s1. The molecule has 3 heterocycles. The smallest absolute Gasteiger partial charge is 0.333 e. The molecular formula is C28H33N7O4. The second kappa shape index (κ2) is 10.8. The van der Waals surface area contributed by atoms with Crippen LogP contribution in [0.3, 0.4) is 0 Å². The van der Waals surface area contributed by atoms with Crippen LogP contribution in [-0.4, -0.2) is 107 Å². The number of aromatic nitrogens is 2. The van der Waals surface area contributed by atoms with Gasteiger partial charge in [0.05, 0.1) is 28.6 Å². The van der Waals surface area contributed by atoms with Gasteiger partial charge in [-0.1, -0.05) is 12.1 Å². The van der Waals surface area contributed by atoms with Crippen molar-refractivity contribution in [2.75, 3.05) is 64.8 Å². The minimum Gasteiger partial charge on any atom is -0.492 e. The third-order valence-corrected chi connectivity index (χ3v) is 7.62. The van der Waals surface area contributed by atoms with Gasteiger partial charge >= 0.3 is 6.03 Å². The number of ketones is 1. The monoisotopic (exact) mass is 531 g/mol. The van der Waals surface area contributed by atoms with Gasteiger partial charge in [0, 0.05) is 56.9 Å². The summed E-state index contributed by atoms with van der Waals surface area (Å²) in [7, 11) is 2.06. The van der Waals surface area contributed by atoms with Crippen molar-refractivity contribution in [3.05, 3.63) is 53.6 Å².